The van der Waals surface area contributed by atoms with E-state index in [1.165, 1.54) is 4.90 Å². The van der Waals surface area contributed by atoms with Gasteiger partial charge in [-0.25, -0.2) is 0 Å². The molecule has 1 fully saturated rings. The molecule has 1 saturated heterocycles. The van der Waals surface area contributed by atoms with Crippen LogP contribution in [0.2, 0.25) is 5.02 Å². The summed E-state index contributed by atoms with van der Waals surface area (Å²) in [6, 6.07) is 15.0. The van der Waals surface area contributed by atoms with Crippen molar-refractivity contribution in [2.45, 2.75) is 39.5 Å². The van der Waals surface area contributed by atoms with Gasteiger partial charge in [-0.2, -0.15) is 0 Å². The fourth-order valence-corrected chi connectivity index (χ4v) is 4.24. The quantitative estimate of drug-likeness (QED) is 0.695. The maximum atomic E-state index is 13.5. The van der Waals surface area contributed by atoms with Gasteiger partial charge in [-0.1, -0.05) is 53.6 Å². The monoisotopic (exact) mass is 424 g/mol. The van der Waals surface area contributed by atoms with Crippen LogP contribution < -0.4 is 0 Å². The topological polar surface area (TPSA) is 49.9 Å². The van der Waals surface area contributed by atoms with Gasteiger partial charge in [0, 0.05) is 18.1 Å². The van der Waals surface area contributed by atoms with Crippen LogP contribution >= 0.6 is 11.6 Å². The summed E-state index contributed by atoms with van der Waals surface area (Å²) in [5.74, 6) is -0.521. The van der Waals surface area contributed by atoms with E-state index >= 15 is 0 Å². The van der Waals surface area contributed by atoms with Gasteiger partial charge in [0.25, 0.3) is 11.8 Å². The van der Waals surface area contributed by atoms with Crippen LogP contribution in [0.4, 0.5) is 0 Å². The van der Waals surface area contributed by atoms with Crippen molar-refractivity contribution in [1.82, 2.24) is 9.80 Å². The smallest absolute Gasteiger partial charge is 0.278 e. The average Bonchev–Trinajstić information content (AvgIpc) is 2.94. The highest BCUT2D eigenvalue weighted by Gasteiger charge is 2.43. The summed E-state index contributed by atoms with van der Waals surface area (Å²) < 4.78 is 5.84. The lowest BCUT2D eigenvalue weighted by atomic mass is 10.0. The van der Waals surface area contributed by atoms with Crippen LogP contribution in [0.25, 0.3) is 5.57 Å². The highest BCUT2D eigenvalue weighted by atomic mass is 35.5. The van der Waals surface area contributed by atoms with E-state index in [-0.39, 0.29) is 30.6 Å². The molecular formula is C24H25ClN2O3. The highest BCUT2D eigenvalue weighted by Crippen LogP contribution is 2.34. The molecule has 0 spiro atoms. The third-order valence-electron chi connectivity index (χ3n) is 5.47. The van der Waals surface area contributed by atoms with E-state index < -0.39 is 0 Å². The Morgan fingerprint density at radius 2 is 1.53 bits per heavy atom. The lowest BCUT2D eigenvalue weighted by molar-refractivity contribution is -0.139. The highest BCUT2D eigenvalue weighted by molar-refractivity contribution is 6.35. The summed E-state index contributed by atoms with van der Waals surface area (Å²) in [5.41, 5.74) is 3.66. The van der Waals surface area contributed by atoms with Gasteiger partial charge in [-0.15, -0.1) is 0 Å². The van der Waals surface area contributed by atoms with Gasteiger partial charge in [0.1, 0.15) is 5.70 Å². The fraction of sp³-hybridized carbons (Fsp3) is 0.333. The number of benzene rings is 2. The number of nitrogens with zero attached hydrogens (tertiary/aromatic N) is 2. The first-order valence-electron chi connectivity index (χ1n) is 10.2. The summed E-state index contributed by atoms with van der Waals surface area (Å²) in [6.45, 7) is 7.33. The third kappa shape index (κ3) is 4.00. The Balaban J connectivity index is 1.74. The van der Waals surface area contributed by atoms with Gasteiger partial charge < -0.3 is 9.64 Å². The molecule has 156 valence electrons. The van der Waals surface area contributed by atoms with Crippen molar-refractivity contribution in [3.63, 3.8) is 0 Å². The standard InChI is InChI=1S/C24H25ClN2O3/c1-15-4-8-19(9-5-15)21-22(26-12-16(2)30-17(3)13-26)24(29)27(23(21)28)14-18-6-10-20(25)11-7-18/h4-11,16-17H,12-14H2,1-3H3. The second-order valence-electron chi connectivity index (χ2n) is 8.07. The van der Waals surface area contributed by atoms with E-state index in [0.717, 1.165) is 16.7 Å². The van der Waals surface area contributed by atoms with Crippen LogP contribution in [0.5, 0.6) is 0 Å². The molecule has 6 heteroatoms. The van der Waals surface area contributed by atoms with Crippen LogP contribution in [0.15, 0.2) is 54.2 Å². The molecule has 2 aromatic rings. The normalized spacial score (nSPS) is 22.3. The van der Waals surface area contributed by atoms with Crippen LogP contribution in [-0.2, 0) is 20.9 Å². The second kappa shape index (κ2) is 8.25. The van der Waals surface area contributed by atoms with Crippen LogP contribution in [0.3, 0.4) is 0 Å². The minimum atomic E-state index is -0.263. The minimum Gasteiger partial charge on any atom is -0.372 e. The molecule has 2 aliphatic rings. The predicted molar refractivity (Wildman–Crippen MR) is 117 cm³/mol. The first-order valence-corrected chi connectivity index (χ1v) is 10.5. The molecular weight excluding hydrogens is 400 g/mol. The van der Waals surface area contributed by atoms with Crippen molar-refractivity contribution in [1.29, 1.82) is 0 Å². The first kappa shape index (κ1) is 20.6. The molecule has 0 saturated carbocycles. The van der Waals surface area contributed by atoms with Gasteiger partial charge in [0.05, 0.1) is 24.3 Å². The molecule has 2 heterocycles. The number of aryl methyl sites for hydroxylation is 1. The summed E-state index contributed by atoms with van der Waals surface area (Å²) in [5, 5.41) is 0.619. The SMILES string of the molecule is Cc1ccc(C2=C(N3CC(C)OC(C)C3)C(=O)N(Cc3ccc(Cl)cc3)C2=O)cc1. The molecule has 2 unspecified atom stereocenters. The molecule has 2 aliphatic heterocycles. The van der Waals surface area contributed by atoms with Crippen molar-refractivity contribution in [2.24, 2.45) is 0 Å². The van der Waals surface area contributed by atoms with E-state index in [1.54, 1.807) is 12.1 Å². The summed E-state index contributed by atoms with van der Waals surface area (Å²) in [4.78, 5) is 30.3. The molecule has 0 bridgehead atoms. The number of hydrogen-bond donors (Lipinski definition) is 0. The molecule has 30 heavy (non-hydrogen) atoms. The number of amides is 2. The van der Waals surface area contributed by atoms with E-state index in [4.69, 9.17) is 16.3 Å². The van der Waals surface area contributed by atoms with Crippen molar-refractivity contribution in [3.05, 3.63) is 75.9 Å². The molecule has 0 aliphatic carbocycles. The minimum absolute atomic E-state index is 0.0197. The third-order valence-corrected chi connectivity index (χ3v) is 5.73. The van der Waals surface area contributed by atoms with Gasteiger partial charge in [-0.3, -0.25) is 14.5 Å². The van der Waals surface area contributed by atoms with E-state index in [9.17, 15) is 9.59 Å². The number of morpholine rings is 1. The number of imide groups is 1. The van der Waals surface area contributed by atoms with Gasteiger partial charge in [-0.05, 0) is 44.0 Å². The zero-order valence-corrected chi connectivity index (χ0v) is 18.1. The zero-order valence-electron chi connectivity index (χ0n) is 17.4. The maximum Gasteiger partial charge on any atom is 0.278 e. The van der Waals surface area contributed by atoms with Crippen LogP contribution in [0.1, 0.15) is 30.5 Å². The number of ether oxygens (including phenoxy) is 1. The van der Waals surface area contributed by atoms with Gasteiger partial charge in [0.15, 0.2) is 0 Å². The Bertz CT molecular complexity index is 988. The summed E-state index contributed by atoms with van der Waals surface area (Å²) >= 11 is 5.98. The molecule has 2 amide bonds. The molecule has 0 aromatic heterocycles. The van der Waals surface area contributed by atoms with Crippen LogP contribution in [0, 0.1) is 6.92 Å². The largest absolute Gasteiger partial charge is 0.372 e. The van der Waals surface area contributed by atoms with Gasteiger partial charge in [0.2, 0.25) is 0 Å². The Hall–Kier alpha value is -2.63. The number of halogens is 1. The maximum absolute atomic E-state index is 13.5. The lowest BCUT2D eigenvalue weighted by Gasteiger charge is -2.37. The Morgan fingerprint density at radius 3 is 2.13 bits per heavy atom. The van der Waals surface area contributed by atoms with Crippen molar-refractivity contribution >= 4 is 29.0 Å². The Morgan fingerprint density at radius 1 is 0.933 bits per heavy atom. The summed E-state index contributed by atoms with van der Waals surface area (Å²) in [6.07, 6.45) is -0.0394. The van der Waals surface area contributed by atoms with Crippen LogP contribution in [-0.4, -0.2) is 46.9 Å². The summed E-state index contributed by atoms with van der Waals surface area (Å²) in [7, 11) is 0. The van der Waals surface area contributed by atoms with E-state index in [2.05, 4.69) is 0 Å². The number of rotatable bonds is 4. The molecule has 5 nitrogen and oxygen atoms in total. The molecule has 2 aromatic carbocycles. The average molecular weight is 425 g/mol. The first-order chi connectivity index (χ1) is 14.3. The fourth-order valence-electron chi connectivity index (χ4n) is 4.11. The molecule has 4 rings (SSSR count). The molecule has 0 N–H and O–H groups in total. The Labute approximate surface area is 181 Å². The predicted octanol–water partition coefficient (Wildman–Crippen LogP) is 4.04. The second-order valence-corrected chi connectivity index (χ2v) is 8.51. The molecule has 0 radical (unpaired) electrons. The Kier molecular flexibility index (Phi) is 5.67. The number of carbonyl (C=O) groups excluding carboxylic acids is 2. The van der Waals surface area contributed by atoms with Gasteiger partial charge >= 0.3 is 0 Å². The zero-order chi connectivity index (χ0) is 21.4. The molecule has 2 atom stereocenters. The van der Waals surface area contributed by atoms with E-state index in [1.807, 2.05) is 62.1 Å². The number of hydrogen-bond acceptors (Lipinski definition) is 4. The van der Waals surface area contributed by atoms with Crippen molar-refractivity contribution in [3.8, 4) is 0 Å². The lowest BCUT2D eigenvalue weighted by Crippen LogP contribution is -2.46. The van der Waals surface area contributed by atoms with E-state index in [0.29, 0.717) is 29.4 Å². The van der Waals surface area contributed by atoms with Crippen molar-refractivity contribution < 1.29 is 14.3 Å². The number of carbonyl (C=O) groups is 2. The van der Waals surface area contributed by atoms with Crippen molar-refractivity contribution in [2.75, 3.05) is 13.1 Å².